The van der Waals surface area contributed by atoms with Crippen molar-refractivity contribution >= 4 is 72.5 Å². The number of likely N-dealkylation sites (N-methyl/N-ethyl adjacent to an activating group) is 1. The standard InChI is InChI=1S/C18H17BrClN3OS.ClH/c1-22(2)10-11-23(17(24)12-6-8-13(19)9-7-12)18-21-16-14(20)4-3-5-15(16)25-18;/h3-9H,10-11H2,1-2H3;1H. The van der Waals surface area contributed by atoms with Gasteiger partial charge >= 0.3 is 0 Å². The zero-order chi connectivity index (χ0) is 18.0. The normalized spacial score (nSPS) is 10.8. The highest BCUT2D eigenvalue weighted by molar-refractivity contribution is 9.10. The highest BCUT2D eigenvalue weighted by Gasteiger charge is 2.22. The number of aromatic nitrogens is 1. The number of nitrogens with zero attached hydrogens (tertiary/aromatic N) is 3. The second-order valence-electron chi connectivity index (χ2n) is 5.85. The zero-order valence-electron chi connectivity index (χ0n) is 14.3. The third kappa shape index (κ3) is 4.75. The molecular weight excluding hydrogens is 457 g/mol. The molecule has 26 heavy (non-hydrogen) atoms. The number of para-hydroxylation sites is 1. The highest BCUT2D eigenvalue weighted by atomic mass is 79.9. The van der Waals surface area contributed by atoms with Gasteiger partial charge < -0.3 is 4.90 Å². The fourth-order valence-corrected chi connectivity index (χ4v) is 3.91. The molecule has 0 atom stereocenters. The molecule has 0 aliphatic carbocycles. The minimum absolute atomic E-state index is 0. The molecule has 1 amide bonds. The van der Waals surface area contributed by atoms with Gasteiger partial charge in [-0.15, -0.1) is 12.4 Å². The molecule has 0 unspecified atom stereocenters. The van der Waals surface area contributed by atoms with Crippen LogP contribution in [0.3, 0.4) is 0 Å². The molecule has 0 radical (unpaired) electrons. The van der Waals surface area contributed by atoms with E-state index in [0.717, 1.165) is 21.2 Å². The average Bonchev–Trinajstić information content (AvgIpc) is 3.00. The Hall–Kier alpha value is -1.18. The Bertz CT molecular complexity index is 899. The molecule has 0 aliphatic rings. The van der Waals surface area contributed by atoms with Crippen LogP contribution in [0.25, 0.3) is 10.2 Å². The molecular formula is C18H18BrCl2N3OS. The first-order valence-corrected chi connectivity index (χ1v) is 9.71. The summed E-state index contributed by atoms with van der Waals surface area (Å²) in [4.78, 5) is 21.4. The van der Waals surface area contributed by atoms with Gasteiger partial charge in [-0.3, -0.25) is 9.69 Å². The maximum absolute atomic E-state index is 13.1. The molecule has 3 rings (SSSR count). The number of benzene rings is 2. The Morgan fingerprint density at radius 2 is 1.85 bits per heavy atom. The van der Waals surface area contributed by atoms with Crippen molar-refractivity contribution in [1.29, 1.82) is 0 Å². The van der Waals surface area contributed by atoms with E-state index in [4.69, 9.17) is 11.6 Å². The molecule has 138 valence electrons. The molecule has 0 aliphatic heterocycles. The van der Waals surface area contributed by atoms with Gasteiger partial charge in [0.2, 0.25) is 0 Å². The maximum Gasteiger partial charge on any atom is 0.260 e. The quantitative estimate of drug-likeness (QED) is 0.500. The summed E-state index contributed by atoms with van der Waals surface area (Å²) in [7, 11) is 3.97. The van der Waals surface area contributed by atoms with Gasteiger partial charge in [0.15, 0.2) is 5.13 Å². The topological polar surface area (TPSA) is 36.4 Å². The summed E-state index contributed by atoms with van der Waals surface area (Å²) in [6.07, 6.45) is 0. The van der Waals surface area contributed by atoms with E-state index in [2.05, 4.69) is 20.9 Å². The molecule has 0 saturated carbocycles. The number of halogens is 3. The second-order valence-corrected chi connectivity index (χ2v) is 8.18. The summed E-state index contributed by atoms with van der Waals surface area (Å²) < 4.78 is 1.91. The number of amides is 1. The van der Waals surface area contributed by atoms with Crippen molar-refractivity contribution in [3.05, 3.63) is 57.5 Å². The predicted octanol–water partition coefficient (Wildman–Crippen LogP) is 5.34. The van der Waals surface area contributed by atoms with E-state index in [-0.39, 0.29) is 18.3 Å². The van der Waals surface area contributed by atoms with Gasteiger partial charge in [-0.25, -0.2) is 4.98 Å². The first-order valence-electron chi connectivity index (χ1n) is 7.73. The predicted molar refractivity (Wildman–Crippen MR) is 116 cm³/mol. The Kier molecular flexibility index (Phi) is 7.43. The fourth-order valence-electron chi connectivity index (χ4n) is 2.35. The molecule has 8 heteroatoms. The van der Waals surface area contributed by atoms with Crippen LogP contribution in [-0.2, 0) is 0 Å². The lowest BCUT2D eigenvalue weighted by Gasteiger charge is -2.22. The molecule has 0 N–H and O–H groups in total. The van der Waals surface area contributed by atoms with E-state index in [9.17, 15) is 4.79 Å². The Balaban J connectivity index is 0.00000243. The van der Waals surface area contributed by atoms with E-state index in [1.807, 2.05) is 61.5 Å². The van der Waals surface area contributed by atoms with Crippen LogP contribution < -0.4 is 4.90 Å². The van der Waals surface area contributed by atoms with E-state index in [1.54, 1.807) is 4.90 Å². The Labute approximate surface area is 176 Å². The number of thiazole rings is 1. The number of anilines is 1. The Morgan fingerprint density at radius 1 is 1.15 bits per heavy atom. The van der Waals surface area contributed by atoms with Gasteiger partial charge in [0.25, 0.3) is 5.91 Å². The van der Waals surface area contributed by atoms with E-state index < -0.39 is 0 Å². The average molecular weight is 475 g/mol. The molecule has 3 aromatic rings. The molecule has 0 bridgehead atoms. The molecule has 0 fully saturated rings. The molecule has 4 nitrogen and oxygen atoms in total. The maximum atomic E-state index is 13.1. The lowest BCUT2D eigenvalue weighted by molar-refractivity contribution is 0.0985. The summed E-state index contributed by atoms with van der Waals surface area (Å²) in [6, 6.07) is 13.0. The molecule has 2 aromatic carbocycles. The van der Waals surface area contributed by atoms with Gasteiger partial charge in [-0.1, -0.05) is 44.9 Å². The summed E-state index contributed by atoms with van der Waals surface area (Å²) in [5.41, 5.74) is 1.37. The monoisotopic (exact) mass is 473 g/mol. The number of rotatable bonds is 5. The smallest absolute Gasteiger partial charge is 0.260 e. The van der Waals surface area contributed by atoms with Crippen molar-refractivity contribution < 1.29 is 4.79 Å². The van der Waals surface area contributed by atoms with Crippen LogP contribution in [0.2, 0.25) is 5.02 Å². The number of carbonyl (C=O) groups excluding carboxylic acids is 1. The number of fused-ring (bicyclic) bond motifs is 1. The first-order chi connectivity index (χ1) is 12.0. The van der Waals surface area contributed by atoms with Crippen LogP contribution >= 0.6 is 51.3 Å². The van der Waals surface area contributed by atoms with E-state index in [0.29, 0.717) is 22.3 Å². The fraction of sp³-hybridized carbons (Fsp3) is 0.222. The molecule has 0 spiro atoms. The van der Waals surface area contributed by atoms with Gasteiger partial charge in [-0.05, 0) is 50.5 Å². The number of hydrogen-bond donors (Lipinski definition) is 0. The van der Waals surface area contributed by atoms with Crippen LogP contribution in [0.15, 0.2) is 46.9 Å². The SMILES string of the molecule is CN(C)CCN(C(=O)c1ccc(Br)cc1)c1nc2c(Cl)cccc2s1.Cl. The van der Waals surface area contributed by atoms with Crippen molar-refractivity contribution in [1.82, 2.24) is 9.88 Å². The van der Waals surface area contributed by atoms with E-state index >= 15 is 0 Å². The van der Waals surface area contributed by atoms with Crippen LogP contribution in [0, 0.1) is 0 Å². The van der Waals surface area contributed by atoms with Gasteiger partial charge in [0, 0.05) is 23.1 Å². The molecule has 1 heterocycles. The minimum Gasteiger partial charge on any atom is -0.308 e. The summed E-state index contributed by atoms with van der Waals surface area (Å²) in [5, 5.41) is 1.27. The van der Waals surface area contributed by atoms with Crippen molar-refractivity contribution in [2.24, 2.45) is 0 Å². The van der Waals surface area contributed by atoms with Crippen LogP contribution in [0.5, 0.6) is 0 Å². The van der Waals surface area contributed by atoms with Gasteiger partial charge in [-0.2, -0.15) is 0 Å². The van der Waals surface area contributed by atoms with Crippen LogP contribution in [0.1, 0.15) is 10.4 Å². The Morgan fingerprint density at radius 3 is 2.46 bits per heavy atom. The second kappa shape index (κ2) is 9.15. The lowest BCUT2D eigenvalue weighted by Crippen LogP contribution is -2.36. The molecule has 0 saturated heterocycles. The third-order valence-corrected chi connectivity index (χ3v) is 5.57. The first kappa shape index (κ1) is 21.1. The zero-order valence-corrected chi connectivity index (χ0v) is 18.3. The minimum atomic E-state index is -0.0653. The largest absolute Gasteiger partial charge is 0.308 e. The van der Waals surface area contributed by atoms with Crippen LogP contribution in [0.4, 0.5) is 5.13 Å². The highest BCUT2D eigenvalue weighted by Crippen LogP contribution is 2.33. The van der Waals surface area contributed by atoms with Crippen molar-refractivity contribution in [3.63, 3.8) is 0 Å². The van der Waals surface area contributed by atoms with Crippen molar-refractivity contribution in [2.75, 3.05) is 32.1 Å². The van der Waals surface area contributed by atoms with Gasteiger partial charge in [0.05, 0.1) is 9.72 Å². The summed E-state index contributed by atoms with van der Waals surface area (Å²) >= 11 is 11.1. The summed E-state index contributed by atoms with van der Waals surface area (Å²) in [5.74, 6) is -0.0653. The van der Waals surface area contributed by atoms with Crippen molar-refractivity contribution in [2.45, 2.75) is 0 Å². The molecule has 1 aromatic heterocycles. The van der Waals surface area contributed by atoms with E-state index in [1.165, 1.54) is 11.3 Å². The lowest BCUT2D eigenvalue weighted by atomic mass is 10.2. The van der Waals surface area contributed by atoms with Gasteiger partial charge in [0.1, 0.15) is 5.52 Å². The number of hydrogen-bond acceptors (Lipinski definition) is 4. The summed E-state index contributed by atoms with van der Waals surface area (Å²) in [6.45, 7) is 1.30. The number of carbonyl (C=O) groups is 1. The third-order valence-electron chi connectivity index (χ3n) is 3.70. The van der Waals surface area contributed by atoms with Crippen molar-refractivity contribution in [3.8, 4) is 0 Å². The van der Waals surface area contributed by atoms with Crippen LogP contribution in [-0.4, -0.2) is 43.0 Å².